The molecule has 0 N–H and O–H groups in total. The molecule has 0 aliphatic carbocycles. The second-order valence-corrected chi connectivity index (χ2v) is 6.31. The molecule has 0 saturated heterocycles. The largest absolute Gasteiger partial charge is 0.467 e. The van der Waals surface area contributed by atoms with Gasteiger partial charge in [0.1, 0.15) is 5.82 Å². The van der Waals surface area contributed by atoms with Gasteiger partial charge in [0, 0.05) is 30.1 Å². The highest BCUT2D eigenvalue weighted by Gasteiger charge is 2.11. The molecule has 136 valence electrons. The third-order valence-corrected chi connectivity index (χ3v) is 4.31. The highest BCUT2D eigenvalue weighted by Crippen LogP contribution is 2.21. The lowest BCUT2D eigenvalue weighted by Crippen LogP contribution is -2.04. The standard InChI is InChI=1S/C18H20N4O3S/c1-4-15-19-13(10-23-2)9-16(20-15)24-11-17-21-18(22-25-17)12-5-7-14(26-3)8-6-12/h5-9H,4,10-11H2,1-3H3. The summed E-state index contributed by atoms with van der Waals surface area (Å²) in [5, 5.41) is 4.01. The lowest BCUT2D eigenvalue weighted by atomic mass is 10.2. The number of hydrogen-bond donors (Lipinski definition) is 0. The normalized spacial score (nSPS) is 10.9. The van der Waals surface area contributed by atoms with Gasteiger partial charge in [0.2, 0.25) is 11.7 Å². The molecule has 2 aromatic heterocycles. The fourth-order valence-corrected chi connectivity index (χ4v) is 2.69. The van der Waals surface area contributed by atoms with Gasteiger partial charge in [-0.3, -0.25) is 0 Å². The average Bonchev–Trinajstić information content (AvgIpc) is 3.15. The fourth-order valence-electron chi connectivity index (χ4n) is 2.29. The van der Waals surface area contributed by atoms with Crippen LogP contribution in [-0.2, 0) is 24.4 Å². The van der Waals surface area contributed by atoms with Crippen molar-refractivity contribution in [2.45, 2.75) is 31.5 Å². The fraction of sp³-hybridized carbons (Fsp3) is 0.333. The van der Waals surface area contributed by atoms with E-state index in [4.69, 9.17) is 14.0 Å². The van der Waals surface area contributed by atoms with Gasteiger partial charge in [-0.1, -0.05) is 12.1 Å². The Kier molecular flexibility index (Phi) is 6.19. The number of benzene rings is 1. The van der Waals surface area contributed by atoms with Crippen LogP contribution in [0, 0.1) is 0 Å². The van der Waals surface area contributed by atoms with E-state index in [1.807, 2.05) is 37.4 Å². The van der Waals surface area contributed by atoms with E-state index in [9.17, 15) is 0 Å². The summed E-state index contributed by atoms with van der Waals surface area (Å²) in [7, 11) is 1.62. The Hall–Kier alpha value is -2.45. The summed E-state index contributed by atoms with van der Waals surface area (Å²) in [5.74, 6) is 2.09. The van der Waals surface area contributed by atoms with E-state index in [1.54, 1.807) is 24.9 Å². The van der Waals surface area contributed by atoms with Crippen LogP contribution in [0.4, 0.5) is 0 Å². The van der Waals surface area contributed by atoms with Gasteiger partial charge < -0.3 is 14.0 Å². The first-order chi connectivity index (χ1) is 12.7. The molecule has 0 fully saturated rings. The molecule has 26 heavy (non-hydrogen) atoms. The number of hydrogen-bond acceptors (Lipinski definition) is 8. The second kappa shape index (κ2) is 8.77. The first-order valence-electron chi connectivity index (χ1n) is 8.17. The van der Waals surface area contributed by atoms with E-state index in [0.29, 0.717) is 36.4 Å². The molecular formula is C18H20N4O3S. The molecule has 0 atom stereocenters. The van der Waals surface area contributed by atoms with Crippen LogP contribution in [0.2, 0.25) is 0 Å². The molecule has 0 amide bonds. The van der Waals surface area contributed by atoms with Gasteiger partial charge in [-0.25, -0.2) is 4.98 Å². The Morgan fingerprint density at radius 2 is 1.88 bits per heavy atom. The summed E-state index contributed by atoms with van der Waals surface area (Å²) in [5.41, 5.74) is 1.67. The van der Waals surface area contributed by atoms with Crippen LogP contribution in [0.5, 0.6) is 5.88 Å². The van der Waals surface area contributed by atoms with Crippen molar-refractivity contribution in [3.63, 3.8) is 0 Å². The lowest BCUT2D eigenvalue weighted by molar-refractivity contribution is 0.179. The maximum atomic E-state index is 5.70. The Labute approximate surface area is 156 Å². The number of methoxy groups -OCH3 is 1. The molecule has 0 bridgehead atoms. The average molecular weight is 372 g/mol. The van der Waals surface area contributed by atoms with Crippen molar-refractivity contribution < 1.29 is 14.0 Å². The zero-order chi connectivity index (χ0) is 18.4. The highest BCUT2D eigenvalue weighted by molar-refractivity contribution is 7.98. The molecule has 3 aromatic rings. The minimum Gasteiger partial charge on any atom is -0.467 e. The third kappa shape index (κ3) is 4.59. The van der Waals surface area contributed by atoms with E-state index in [0.717, 1.165) is 11.3 Å². The van der Waals surface area contributed by atoms with Gasteiger partial charge in [-0.15, -0.1) is 11.8 Å². The number of nitrogens with zero attached hydrogens (tertiary/aromatic N) is 4. The van der Waals surface area contributed by atoms with Crippen LogP contribution in [0.25, 0.3) is 11.4 Å². The second-order valence-electron chi connectivity index (χ2n) is 5.43. The van der Waals surface area contributed by atoms with Gasteiger partial charge >= 0.3 is 0 Å². The molecular weight excluding hydrogens is 352 g/mol. The van der Waals surface area contributed by atoms with Gasteiger partial charge in [0.05, 0.1) is 12.3 Å². The zero-order valence-corrected chi connectivity index (χ0v) is 15.7. The topological polar surface area (TPSA) is 83.2 Å². The molecule has 0 unspecified atom stereocenters. The molecule has 3 rings (SSSR count). The number of aryl methyl sites for hydroxylation is 1. The summed E-state index contributed by atoms with van der Waals surface area (Å²) in [6.45, 7) is 2.54. The monoisotopic (exact) mass is 372 g/mol. The summed E-state index contributed by atoms with van der Waals surface area (Å²) >= 11 is 1.69. The summed E-state index contributed by atoms with van der Waals surface area (Å²) in [6.07, 6.45) is 2.75. The van der Waals surface area contributed by atoms with Crippen molar-refractivity contribution in [1.29, 1.82) is 0 Å². The molecule has 2 heterocycles. The Morgan fingerprint density at radius 1 is 1.08 bits per heavy atom. The van der Waals surface area contributed by atoms with Crippen LogP contribution in [0.1, 0.15) is 24.3 Å². The molecule has 1 aromatic carbocycles. The van der Waals surface area contributed by atoms with Crippen LogP contribution in [-0.4, -0.2) is 33.5 Å². The van der Waals surface area contributed by atoms with E-state index >= 15 is 0 Å². The maximum Gasteiger partial charge on any atom is 0.264 e. The van der Waals surface area contributed by atoms with Crippen molar-refractivity contribution >= 4 is 11.8 Å². The predicted molar refractivity (Wildman–Crippen MR) is 98.0 cm³/mol. The zero-order valence-electron chi connectivity index (χ0n) is 14.9. The van der Waals surface area contributed by atoms with Crippen LogP contribution in [0.3, 0.4) is 0 Å². The molecule has 0 aliphatic heterocycles. The molecule has 0 saturated carbocycles. The SMILES string of the molecule is CCc1nc(COC)cc(OCc2nc(-c3ccc(SC)cc3)no2)n1. The minimum atomic E-state index is 0.141. The van der Waals surface area contributed by atoms with E-state index in [2.05, 4.69) is 20.1 Å². The van der Waals surface area contributed by atoms with Gasteiger partial charge in [-0.2, -0.15) is 9.97 Å². The first-order valence-corrected chi connectivity index (χ1v) is 9.40. The quantitative estimate of drug-likeness (QED) is 0.555. The Bertz CT molecular complexity index is 852. The smallest absolute Gasteiger partial charge is 0.264 e. The molecule has 8 heteroatoms. The van der Waals surface area contributed by atoms with E-state index in [-0.39, 0.29) is 6.61 Å². The number of thioether (sulfide) groups is 1. The molecule has 7 nitrogen and oxygen atoms in total. The summed E-state index contributed by atoms with van der Waals surface area (Å²) in [4.78, 5) is 14.3. The Morgan fingerprint density at radius 3 is 2.58 bits per heavy atom. The van der Waals surface area contributed by atoms with Gasteiger partial charge in [-0.05, 0) is 30.5 Å². The van der Waals surface area contributed by atoms with Crippen LogP contribution >= 0.6 is 11.8 Å². The van der Waals surface area contributed by atoms with E-state index < -0.39 is 0 Å². The number of rotatable bonds is 8. The highest BCUT2D eigenvalue weighted by atomic mass is 32.2. The van der Waals surface area contributed by atoms with Crippen molar-refractivity contribution in [1.82, 2.24) is 20.1 Å². The van der Waals surface area contributed by atoms with Gasteiger partial charge in [0.25, 0.3) is 5.89 Å². The number of aromatic nitrogens is 4. The van der Waals surface area contributed by atoms with Crippen molar-refractivity contribution in [2.75, 3.05) is 13.4 Å². The van der Waals surface area contributed by atoms with Gasteiger partial charge in [0.15, 0.2) is 6.61 Å². The van der Waals surface area contributed by atoms with Crippen molar-refractivity contribution in [2.24, 2.45) is 0 Å². The van der Waals surface area contributed by atoms with Crippen LogP contribution in [0.15, 0.2) is 39.8 Å². The van der Waals surface area contributed by atoms with E-state index in [1.165, 1.54) is 4.90 Å². The Balaban J connectivity index is 1.68. The van der Waals surface area contributed by atoms with Crippen LogP contribution < -0.4 is 4.74 Å². The predicted octanol–water partition coefficient (Wildman–Crippen LogP) is 3.54. The summed E-state index contributed by atoms with van der Waals surface area (Å²) in [6, 6.07) is 9.74. The summed E-state index contributed by atoms with van der Waals surface area (Å²) < 4.78 is 16.1. The minimum absolute atomic E-state index is 0.141. The van der Waals surface area contributed by atoms with Crippen molar-refractivity contribution in [3.8, 4) is 17.3 Å². The molecule has 0 spiro atoms. The number of ether oxygens (including phenoxy) is 2. The third-order valence-electron chi connectivity index (χ3n) is 3.57. The van der Waals surface area contributed by atoms with Crippen molar-refractivity contribution in [3.05, 3.63) is 47.7 Å². The lowest BCUT2D eigenvalue weighted by Gasteiger charge is -2.07. The molecule has 0 radical (unpaired) electrons. The first kappa shape index (κ1) is 18.3. The molecule has 0 aliphatic rings. The maximum absolute atomic E-state index is 5.70.